The maximum absolute atomic E-state index is 13.1. The smallest absolute Gasteiger partial charge is 0.125 e. The van der Waals surface area contributed by atoms with Crippen LogP contribution in [0.3, 0.4) is 0 Å². The van der Waals surface area contributed by atoms with Gasteiger partial charge in [-0.05, 0) is 24.6 Å². The van der Waals surface area contributed by atoms with Crippen molar-refractivity contribution in [1.29, 1.82) is 0 Å². The summed E-state index contributed by atoms with van der Waals surface area (Å²) in [6.45, 7) is 2.71. The number of imidazole rings is 1. The molecule has 0 aliphatic carbocycles. The summed E-state index contributed by atoms with van der Waals surface area (Å²) in [6.07, 6.45) is 4.52. The molecule has 0 amide bonds. The van der Waals surface area contributed by atoms with Gasteiger partial charge in [0.25, 0.3) is 0 Å². The number of nitrogens with one attached hydrogen (secondary N) is 1. The van der Waals surface area contributed by atoms with E-state index in [-0.39, 0.29) is 5.82 Å². The Morgan fingerprint density at radius 1 is 1.41 bits per heavy atom. The number of nitrogens with zero attached hydrogens (tertiary/aromatic N) is 2. The first-order valence-corrected chi connectivity index (χ1v) is 5.63. The van der Waals surface area contributed by atoms with Gasteiger partial charge < -0.3 is 9.88 Å². The Bertz CT molecular complexity index is 505. The second kappa shape index (κ2) is 4.99. The number of anilines is 1. The average molecular weight is 233 g/mol. The maximum atomic E-state index is 13.1. The van der Waals surface area contributed by atoms with E-state index < -0.39 is 0 Å². The van der Waals surface area contributed by atoms with Gasteiger partial charge in [-0.15, -0.1) is 0 Å². The lowest BCUT2D eigenvalue weighted by Gasteiger charge is -2.09. The zero-order valence-electron chi connectivity index (χ0n) is 10.1. The number of hydrogen-bond donors (Lipinski definition) is 1. The van der Waals surface area contributed by atoms with Gasteiger partial charge in [0.05, 0.1) is 0 Å². The van der Waals surface area contributed by atoms with Crippen molar-refractivity contribution >= 4 is 5.69 Å². The van der Waals surface area contributed by atoms with Crippen LogP contribution in [0.2, 0.25) is 0 Å². The first-order valence-electron chi connectivity index (χ1n) is 5.63. The number of hydrogen-bond acceptors (Lipinski definition) is 2. The highest BCUT2D eigenvalue weighted by Gasteiger charge is 2.01. The minimum Gasteiger partial charge on any atom is -0.384 e. The normalized spacial score (nSPS) is 10.5. The molecule has 1 heterocycles. The molecule has 4 heteroatoms. The molecule has 17 heavy (non-hydrogen) atoms. The first-order chi connectivity index (χ1) is 8.16. The standard InChI is InChI=1S/C13H16FN3/c1-10-3-4-11(14)9-12(10)15-6-5-13-16-7-8-17(13)2/h3-4,7-9,15H,5-6H2,1-2H3. The molecule has 1 N–H and O–H groups in total. The van der Waals surface area contributed by atoms with Crippen molar-refractivity contribution in [3.05, 3.63) is 47.8 Å². The average Bonchev–Trinajstić information content (AvgIpc) is 2.70. The van der Waals surface area contributed by atoms with Crippen molar-refractivity contribution in [2.24, 2.45) is 7.05 Å². The Labute approximate surface area is 100 Å². The molecule has 0 bridgehead atoms. The van der Waals surface area contributed by atoms with E-state index in [1.54, 1.807) is 12.3 Å². The highest BCUT2D eigenvalue weighted by molar-refractivity contribution is 5.50. The minimum atomic E-state index is -0.213. The van der Waals surface area contributed by atoms with E-state index in [9.17, 15) is 4.39 Å². The molecule has 1 aromatic carbocycles. The van der Waals surface area contributed by atoms with Crippen LogP contribution in [0, 0.1) is 12.7 Å². The Kier molecular flexibility index (Phi) is 3.42. The molecule has 0 fully saturated rings. The van der Waals surface area contributed by atoms with E-state index >= 15 is 0 Å². The van der Waals surface area contributed by atoms with E-state index in [0.717, 1.165) is 30.0 Å². The summed E-state index contributed by atoms with van der Waals surface area (Å²) in [5.41, 5.74) is 1.89. The van der Waals surface area contributed by atoms with Crippen molar-refractivity contribution in [2.75, 3.05) is 11.9 Å². The van der Waals surface area contributed by atoms with Crippen LogP contribution < -0.4 is 5.32 Å². The van der Waals surface area contributed by atoms with Gasteiger partial charge in [-0.25, -0.2) is 9.37 Å². The highest BCUT2D eigenvalue weighted by atomic mass is 19.1. The quantitative estimate of drug-likeness (QED) is 0.879. The zero-order valence-corrected chi connectivity index (χ0v) is 10.1. The van der Waals surface area contributed by atoms with Crippen LogP contribution in [-0.4, -0.2) is 16.1 Å². The lowest BCUT2D eigenvalue weighted by atomic mass is 10.2. The fourth-order valence-electron chi connectivity index (χ4n) is 1.73. The second-order valence-electron chi connectivity index (χ2n) is 4.09. The fraction of sp³-hybridized carbons (Fsp3) is 0.308. The molecule has 0 aliphatic heterocycles. The summed E-state index contributed by atoms with van der Waals surface area (Å²) >= 11 is 0. The van der Waals surface area contributed by atoms with Crippen LogP contribution in [-0.2, 0) is 13.5 Å². The monoisotopic (exact) mass is 233 g/mol. The third-order valence-electron chi connectivity index (χ3n) is 2.78. The Morgan fingerprint density at radius 3 is 2.94 bits per heavy atom. The number of benzene rings is 1. The largest absolute Gasteiger partial charge is 0.384 e. The Hall–Kier alpha value is -1.84. The minimum absolute atomic E-state index is 0.213. The van der Waals surface area contributed by atoms with Gasteiger partial charge in [0.15, 0.2) is 0 Å². The summed E-state index contributed by atoms with van der Waals surface area (Å²) in [4.78, 5) is 4.24. The molecule has 3 nitrogen and oxygen atoms in total. The van der Waals surface area contributed by atoms with E-state index in [1.807, 2.05) is 24.7 Å². The molecule has 0 unspecified atom stereocenters. The lowest BCUT2D eigenvalue weighted by molar-refractivity contribution is 0.627. The third-order valence-corrected chi connectivity index (χ3v) is 2.78. The summed E-state index contributed by atoms with van der Waals surface area (Å²) in [5, 5.41) is 3.23. The molecular formula is C13H16FN3. The van der Waals surface area contributed by atoms with Gasteiger partial charge in [-0.1, -0.05) is 6.07 Å². The summed E-state index contributed by atoms with van der Waals surface area (Å²) in [7, 11) is 1.97. The maximum Gasteiger partial charge on any atom is 0.125 e. The number of aromatic nitrogens is 2. The molecule has 0 saturated carbocycles. The molecule has 2 aromatic rings. The van der Waals surface area contributed by atoms with E-state index in [2.05, 4.69) is 10.3 Å². The number of aryl methyl sites for hydroxylation is 2. The molecule has 0 saturated heterocycles. The molecule has 90 valence electrons. The molecule has 2 rings (SSSR count). The fourth-order valence-corrected chi connectivity index (χ4v) is 1.73. The summed E-state index contributed by atoms with van der Waals surface area (Å²) in [5.74, 6) is 0.807. The van der Waals surface area contributed by atoms with Gasteiger partial charge in [0.2, 0.25) is 0 Å². The van der Waals surface area contributed by atoms with E-state index in [0.29, 0.717) is 0 Å². The number of rotatable bonds is 4. The third kappa shape index (κ3) is 2.84. The second-order valence-corrected chi connectivity index (χ2v) is 4.09. The van der Waals surface area contributed by atoms with Gasteiger partial charge in [-0.3, -0.25) is 0 Å². The Morgan fingerprint density at radius 2 is 2.24 bits per heavy atom. The highest BCUT2D eigenvalue weighted by Crippen LogP contribution is 2.15. The van der Waals surface area contributed by atoms with E-state index in [4.69, 9.17) is 0 Å². The molecular weight excluding hydrogens is 217 g/mol. The van der Waals surface area contributed by atoms with Crippen LogP contribution in [0.1, 0.15) is 11.4 Å². The van der Waals surface area contributed by atoms with Crippen molar-refractivity contribution in [3.8, 4) is 0 Å². The van der Waals surface area contributed by atoms with Crippen molar-refractivity contribution in [3.63, 3.8) is 0 Å². The van der Waals surface area contributed by atoms with Crippen LogP contribution in [0.25, 0.3) is 0 Å². The lowest BCUT2D eigenvalue weighted by Crippen LogP contribution is -2.09. The predicted octanol–water partition coefficient (Wildman–Crippen LogP) is 2.52. The van der Waals surface area contributed by atoms with Crippen LogP contribution in [0.15, 0.2) is 30.6 Å². The van der Waals surface area contributed by atoms with Crippen LogP contribution in [0.5, 0.6) is 0 Å². The molecule has 0 atom stereocenters. The predicted molar refractivity (Wildman–Crippen MR) is 66.5 cm³/mol. The van der Waals surface area contributed by atoms with Gasteiger partial charge in [0.1, 0.15) is 11.6 Å². The van der Waals surface area contributed by atoms with Crippen LogP contribution in [0.4, 0.5) is 10.1 Å². The molecule has 0 radical (unpaired) electrons. The van der Waals surface area contributed by atoms with Crippen molar-refractivity contribution in [1.82, 2.24) is 9.55 Å². The number of halogens is 1. The SMILES string of the molecule is Cc1ccc(F)cc1NCCc1nccn1C. The Balaban J connectivity index is 1.94. The molecule has 0 aliphatic rings. The van der Waals surface area contributed by atoms with Crippen molar-refractivity contribution < 1.29 is 4.39 Å². The zero-order chi connectivity index (χ0) is 12.3. The van der Waals surface area contributed by atoms with Crippen LogP contribution >= 0.6 is 0 Å². The van der Waals surface area contributed by atoms with E-state index in [1.165, 1.54) is 12.1 Å². The van der Waals surface area contributed by atoms with Gasteiger partial charge >= 0.3 is 0 Å². The topological polar surface area (TPSA) is 29.9 Å². The molecule has 0 spiro atoms. The molecule has 1 aromatic heterocycles. The van der Waals surface area contributed by atoms with Crippen molar-refractivity contribution in [2.45, 2.75) is 13.3 Å². The van der Waals surface area contributed by atoms with Gasteiger partial charge in [-0.2, -0.15) is 0 Å². The summed E-state index contributed by atoms with van der Waals surface area (Å²) in [6, 6.07) is 4.77. The summed E-state index contributed by atoms with van der Waals surface area (Å²) < 4.78 is 15.0. The first kappa shape index (κ1) is 11.6. The van der Waals surface area contributed by atoms with Gasteiger partial charge in [0, 0.05) is 38.1 Å².